The molecular formula is C27H42N6O2. The van der Waals surface area contributed by atoms with E-state index in [9.17, 15) is 4.79 Å². The van der Waals surface area contributed by atoms with Crippen LogP contribution in [0.3, 0.4) is 0 Å². The number of aliphatic imine (C=N–C) groups is 1. The Labute approximate surface area is 210 Å². The molecule has 2 heterocycles. The third-order valence-corrected chi connectivity index (χ3v) is 6.11. The van der Waals surface area contributed by atoms with Crippen molar-refractivity contribution < 1.29 is 9.53 Å². The van der Waals surface area contributed by atoms with E-state index in [1.165, 1.54) is 11.3 Å². The van der Waals surface area contributed by atoms with Crippen molar-refractivity contribution in [2.75, 3.05) is 50.1 Å². The summed E-state index contributed by atoms with van der Waals surface area (Å²) in [6.45, 7) is 18.3. The molecule has 0 atom stereocenters. The van der Waals surface area contributed by atoms with E-state index in [4.69, 9.17) is 9.84 Å². The number of guanidine groups is 1. The van der Waals surface area contributed by atoms with E-state index >= 15 is 0 Å². The van der Waals surface area contributed by atoms with Gasteiger partial charge in [-0.3, -0.25) is 14.5 Å². The zero-order valence-electron chi connectivity index (χ0n) is 22.5. The van der Waals surface area contributed by atoms with Crippen molar-refractivity contribution in [1.82, 2.24) is 14.7 Å². The number of aldehydes is 1. The Kier molecular flexibility index (Phi) is 8.94. The van der Waals surface area contributed by atoms with Gasteiger partial charge in [0.2, 0.25) is 0 Å². The van der Waals surface area contributed by atoms with Crippen molar-refractivity contribution in [3.63, 3.8) is 0 Å². The normalized spacial score (nSPS) is 15.0. The van der Waals surface area contributed by atoms with Crippen LogP contribution in [0.2, 0.25) is 0 Å². The number of aryl methyl sites for hydroxylation is 1. The monoisotopic (exact) mass is 482 g/mol. The highest BCUT2D eigenvalue weighted by molar-refractivity contribution is 5.98. The first kappa shape index (κ1) is 26.7. The van der Waals surface area contributed by atoms with Crippen LogP contribution in [0.25, 0.3) is 0 Å². The molecule has 0 aliphatic carbocycles. The highest BCUT2D eigenvalue weighted by Crippen LogP contribution is 2.31. The van der Waals surface area contributed by atoms with Crippen LogP contribution in [0.1, 0.15) is 63.3 Å². The first-order valence-electron chi connectivity index (χ1n) is 12.6. The maximum absolute atomic E-state index is 12.1. The van der Waals surface area contributed by atoms with Crippen molar-refractivity contribution in [1.29, 1.82) is 0 Å². The topological polar surface area (TPSA) is 75.0 Å². The minimum absolute atomic E-state index is 0.227. The SMILES string of the molecule is CCn1nc(C(C)(C)C)c(NC(=NC)N(Cc2cccc(N3CCOCC3)c2)CC(C)C)c1C=O. The Morgan fingerprint density at radius 2 is 2.00 bits per heavy atom. The number of carbonyl (C=O) groups excluding carboxylic acids is 1. The highest BCUT2D eigenvalue weighted by Gasteiger charge is 2.28. The van der Waals surface area contributed by atoms with Crippen molar-refractivity contribution in [2.24, 2.45) is 10.9 Å². The lowest BCUT2D eigenvalue weighted by Gasteiger charge is -2.31. The molecule has 0 unspecified atom stereocenters. The van der Waals surface area contributed by atoms with Crippen LogP contribution >= 0.6 is 0 Å². The Morgan fingerprint density at radius 3 is 2.57 bits per heavy atom. The standard InChI is InChI=1S/C27H42N6O2/c1-8-33-23(19-34)24(25(30-33)27(4,5)6)29-26(28-7)32(17-20(2)3)18-21-10-9-11-22(16-21)31-12-14-35-15-13-31/h9-11,16,19-20H,8,12-15,17-18H2,1-7H3,(H,28,29). The smallest absolute Gasteiger partial charge is 0.198 e. The fraction of sp³-hybridized carbons (Fsp3) is 0.593. The Bertz CT molecular complexity index is 1020. The first-order chi connectivity index (χ1) is 16.7. The molecule has 35 heavy (non-hydrogen) atoms. The Morgan fingerprint density at radius 1 is 1.29 bits per heavy atom. The molecule has 1 aromatic heterocycles. The summed E-state index contributed by atoms with van der Waals surface area (Å²) in [4.78, 5) is 21.3. The molecule has 0 spiro atoms. The number of nitrogens with one attached hydrogen (secondary N) is 1. The van der Waals surface area contributed by atoms with Crippen LogP contribution in [0.15, 0.2) is 29.3 Å². The molecular weight excluding hydrogens is 440 g/mol. The predicted molar refractivity (Wildman–Crippen MR) is 144 cm³/mol. The summed E-state index contributed by atoms with van der Waals surface area (Å²) in [6.07, 6.45) is 0.889. The quantitative estimate of drug-likeness (QED) is 0.341. The summed E-state index contributed by atoms with van der Waals surface area (Å²) < 4.78 is 7.28. The molecule has 8 nitrogen and oxygen atoms in total. The van der Waals surface area contributed by atoms with Gasteiger partial charge in [-0.05, 0) is 30.5 Å². The number of rotatable bonds is 8. The first-order valence-corrected chi connectivity index (χ1v) is 12.6. The molecule has 0 saturated carbocycles. The largest absolute Gasteiger partial charge is 0.378 e. The number of morpholine rings is 1. The van der Waals surface area contributed by atoms with E-state index in [0.29, 0.717) is 24.7 Å². The van der Waals surface area contributed by atoms with Gasteiger partial charge in [-0.15, -0.1) is 0 Å². The molecule has 0 amide bonds. The Hall–Kier alpha value is -2.87. The zero-order chi connectivity index (χ0) is 25.6. The van der Waals surface area contributed by atoms with Gasteiger partial charge < -0.3 is 19.9 Å². The molecule has 8 heteroatoms. The maximum Gasteiger partial charge on any atom is 0.198 e. The van der Waals surface area contributed by atoms with Crippen molar-refractivity contribution in [3.8, 4) is 0 Å². The molecule has 0 bridgehead atoms. The highest BCUT2D eigenvalue weighted by atomic mass is 16.5. The minimum atomic E-state index is -0.227. The number of hydrogen-bond donors (Lipinski definition) is 1. The number of hydrogen-bond acceptors (Lipinski definition) is 5. The van der Waals surface area contributed by atoms with Gasteiger partial charge >= 0.3 is 0 Å². The molecule has 3 rings (SSSR count). The predicted octanol–water partition coefficient (Wildman–Crippen LogP) is 4.41. The maximum atomic E-state index is 12.1. The number of carbonyl (C=O) groups is 1. The second-order valence-corrected chi connectivity index (χ2v) is 10.5. The van der Waals surface area contributed by atoms with Gasteiger partial charge in [-0.2, -0.15) is 5.10 Å². The molecule has 1 N–H and O–H groups in total. The molecule has 1 saturated heterocycles. The molecule has 1 aliphatic heterocycles. The van der Waals surface area contributed by atoms with Gasteiger partial charge in [0.1, 0.15) is 5.69 Å². The van der Waals surface area contributed by atoms with Gasteiger partial charge in [-0.25, -0.2) is 0 Å². The van der Waals surface area contributed by atoms with Gasteiger partial charge in [-0.1, -0.05) is 46.8 Å². The molecule has 1 aliphatic rings. The van der Waals surface area contributed by atoms with E-state index in [0.717, 1.165) is 56.5 Å². The number of benzene rings is 1. The fourth-order valence-corrected chi connectivity index (χ4v) is 4.43. The molecule has 1 fully saturated rings. The lowest BCUT2D eigenvalue weighted by molar-refractivity contribution is 0.111. The summed E-state index contributed by atoms with van der Waals surface area (Å²) >= 11 is 0. The molecule has 1 aromatic carbocycles. The third kappa shape index (κ3) is 6.63. The number of ether oxygens (including phenoxy) is 1. The van der Waals surface area contributed by atoms with E-state index in [1.807, 2.05) is 6.92 Å². The van der Waals surface area contributed by atoms with E-state index < -0.39 is 0 Å². The minimum Gasteiger partial charge on any atom is -0.378 e. The second kappa shape index (κ2) is 11.7. The van der Waals surface area contributed by atoms with Crippen molar-refractivity contribution in [2.45, 2.75) is 60.0 Å². The molecule has 2 aromatic rings. The summed E-state index contributed by atoms with van der Waals surface area (Å²) in [7, 11) is 1.79. The van der Waals surface area contributed by atoms with E-state index in [1.54, 1.807) is 11.7 Å². The number of nitrogens with zero attached hydrogens (tertiary/aromatic N) is 5. The van der Waals surface area contributed by atoms with Crippen LogP contribution in [0.5, 0.6) is 0 Å². The van der Waals surface area contributed by atoms with Crippen LogP contribution in [-0.4, -0.2) is 66.8 Å². The second-order valence-electron chi connectivity index (χ2n) is 10.5. The van der Waals surface area contributed by atoms with Crippen LogP contribution in [0, 0.1) is 5.92 Å². The zero-order valence-corrected chi connectivity index (χ0v) is 22.5. The summed E-state index contributed by atoms with van der Waals surface area (Å²) in [5.74, 6) is 1.17. The van der Waals surface area contributed by atoms with Gasteiger partial charge in [0.15, 0.2) is 12.2 Å². The molecule has 0 radical (unpaired) electrons. The summed E-state index contributed by atoms with van der Waals surface area (Å²) in [5.41, 5.74) is 4.37. The van der Waals surface area contributed by atoms with Crippen LogP contribution < -0.4 is 10.2 Å². The van der Waals surface area contributed by atoms with E-state index in [2.05, 4.69) is 79.0 Å². The number of aromatic nitrogens is 2. The average Bonchev–Trinajstić information content (AvgIpc) is 3.20. The number of anilines is 2. The Balaban J connectivity index is 1.92. The van der Waals surface area contributed by atoms with E-state index in [-0.39, 0.29) is 5.41 Å². The summed E-state index contributed by atoms with van der Waals surface area (Å²) in [6, 6.07) is 8.71. The summed E-state index contributed by atoms with van der Waals surface area (Å²) in [5, 5.41) is 8.28. The fourth-order valence-electron chi connectivity index (χ4n) is 4.43. The van der Waals surface area contributed by atoms with Gasteiger partial charge in [0.25, 0.3) is 0 Å². The van der Waals surface area contributed by atoms with Crippen LogP contribution in [-0.2, 0) is 23.2 Å². The average molecular weight is 483 g/mol. The van der Waals surface area contributed by atoms with Gasteiger partial charge in [0.05, 0.1) is 24.6 Å². The lowest BCUT2D eigenvalue weighted by atomic mass is 9.91. The third-order valence-electron chi connectivity index (χ3n) is 6.11. The molecule has 192 valence electrons. The van der Waals surface area contributed by atoms with Crippen molar-refractivity contribution >= 4 is 23.6 Å². The lowest BCUT2D eigenvalue weighted by Crippen LogP contribution is -2.39. The van der Waals surface area contributed by atoms with Gasteiger partial charge in [0, 0.05) is 50.9 Å². The van der Waals surface area contributed by atoms with Crippen molar-refractivity contribution in [3.05, 3.63) is 41.2 Å². The van der Waals surface area contributed by atoms with Crippen LogP contribution in [0.4, 0.5) is 11.4 Å².